The van der Waals surface area contributed by atoms with Gasteiger partial charge in [-0.25, -0.2) is 0 Å². The second kappa shape index (κ2) is 12.5. The molecule has 2 aliphatic rings. The van der Waals surface area contributed by atoms with Crippen LogP contribution in [-0.4, -0.2) is 129 Å². The van der Waals surface area contributed by atoms with E-state index in [2.05, 4.69) is 30.3 Å². The molecule has 0 aliphatic carbocycles. The Morgan fingerprint density at radius 2 is 1.25 bits per heavy atom. The molecule has 2 aliphatic heterocycles. The van der Waals surface area contributed by atoms with Crippen molar-refractivity contribution in [2.45, 2.75) is 0 Å². The van der Waals surface area contributed by atoms with Gasteiger partial charge in [0.25, 0.3) is 0 Å². The molecule has 1 aromatic carbocycles. The number of rotatable bonds is 8. The second-order valence-electron chi connectivity index (χ2n) is 7.83. The maximum Gasteiger partial charge on any atom is 0.110 e. The van der Waals surface area contributed by atoms with Gasteiger partial charge in [-0.15, -0.1) is 0 Å². The third-order valence-electron chi connectivity index (χ3n) is 6.01. The zero-order valence-corrected chi connectivity index (χ0v) is 21.2. The summed E-state index contributed by atoms with van der Waals surface area (Å²) in [7, 11) is 0. The predicted molar refractivity (Wildman–Crippen MR) is 143 cm³/mol. The van der Waals surface area contributed by atoms with E-state index in [4.69, 9.17) is 48.9 Å². The first-order valence-corrected chi connectivity index (χ1v) is 12.4. The number of hydrogen-bond donors (Lipinski definition) is 2. The van der Waals surface area contributed by atoms with Gasteiger partial charge in [-0.3, -0.25) is 9.80 Å². The summed E-state index contributed by atoms with van der Waals surface area (Å²) in [6.07, 6.45) is 0. The molecule has 3 rings (SSSR count). The average Bonchev–Trinajstić information content (AvgIpc) is 2.83. The van der Waals surface area contributed by atoms with Crippen molar-refractivity contribution in [1.82, 2.24) is 19.6 Å². The highest BCUT2D eigenvalue weighted by atomic mass is 32.1. The van der Waals surface area contributed by atoms with E-state index in [1.54, 1.807) is 0 Å². The fourth-order valence-corrected chi connectivity index (χ4v) is 5.28. The molecule has 2 radical (unpaired) electrons. The van der Waals surface area contributed by atoms with Crippen LogP contribution in [0.1, 0.15) is 22.3 Å². The molecule has 0 aromatic heterocycles. The van der Waals surface area contributed by atoms with Gasteiger partial charge in [-0.05, 0) is 0 Å². The molecule has 2 fully saturated rings. The van der Waals surface area contributed by atoms with Gasteiger partial charge in [0, 0.05) is 87.7 Å². The molecule has 0 unspecified atom stereocenters. The van der Waals surface area contributed by atoms with Crippen LogP contribution in [0.15, 0.2) is 12.1 Å². The summed E-state index contributed by atoms with van der Waals surface area (Å²) in [5, 5.41) is 24.1. The fourth-order valence-electron chi connectivity index (χ4n) is 4.15. The Kier molecular flexibility index (Phi) is 9.99. The Morgan fingerprint density at radius 1 is 0.750 bits per heavy atom. The third kappa shape index (κ3) is 5.92. The Bertz CT molecular complexity index is 851. The van der Waals surface area contributed by atoms with E-state index in [0.29, 0.717) is 29.2 Å². The van der Waals surface area contributed by atoms with Gasteiger partial charge in [-0.2, -0.15) is 0 Å². The Hall–Kier alpha value is -0.980. The van der Waals surface area contributed by atoms with Crippen molar-refractivity contribution in [3.63, 3.8) is 0 Å². The van der Waals surface area contributed by atoms with E-state index < -0.39 is 0 Å². The minimum atomic E-state index is 0.158. The standard InChI is InChI=1S/C22H28N4O2S4/c27-13-11-23-3-7-25(8-4-23)21(31)18-2-1-17(15-29)19(16-30)20(18)22(32)26-9-5-24(6-10-26)12-14-28/h1-2,27-28H,3-14H2. The molecule has 0 spiro atoms. The molecule has 0 saturated carbocycles. The quantitative estimate of drug-likeness (QED) is 0.491. The van der Waals surface area contributed by atoms with E-state index in [1.807, 2.05) is 12.1 Å². The summed E-state index contributed by atoms with van der Waals surface area (Å²) in [5.74, 6) is 0. The predicted octanol–water partition coefficient (Wildman–Crippen LogP) is 0.707. The molecule has 1 aromatic rings. The number of hydrogen-bond acceptors (Lipinski definition) is 8. The van der Waals surface area contributed by atoms with Crippen molar-refractivity contribution in [3.05, 3.63) is 34.4 Å². The van der Waals surface area contributed by atoms with Crippen LogP contribution in [0.4, 0.5) is 0 Å². The van der Waals surface area contributed by atoms with Gasteiger partial charge in [0.1, 0.15) is 9.98 Å². The Labute approximate surface area is 211 Å². The zero-order valence-electron chi connectivity index (χ0n) is 18.0. The Balaban J connectivity index is 1.87. The molecule has 2 heterocycles. The number of aliphatic hydroxyl groups is 2. The molecular formula is C22H28N4O2S4. The van der Waals surface area contributed by atoms with Crippen molar-refractivity contribution >= 4 is 69.6 Å². The minimum absolute atomic E-state index is 0.158. The van der Waals surface area contributed by atoms with Gasteiger partial charge in [0.2, 0.25) is 0 Å². The van der Waals surface area contributed by atoms with Crippen molar-refractivity contribution < 1.29 is 10.2 Å². The SMILES string of the molecule is OCCN1CCN(C(=S)c2ccc([C]=S)c([C]=S)c2C(=S)N2CCN(CCO)CC2)CC1. The maximum atomic E-state index is 9.21. The van der Waals surface area contributed by atoms with Crippen LogP contribution in [0.5, 0.6) is 0 Å². The van der Waals surface area contributed by atoms with Gasteiger partial charge in [0.05, 0.1) is 23.9 Å². The van der Waals surface area contributed by atoms with E-state index in [-0.39, 0.29) is 13.2 Å². The molecule has 0 amide bonds. The lowest BCUT2D eigenvalue weighted by Gasteiger charge is -2.38. The largest absolute Gasteiger partial charge is 0.395 e. The summed E-state index contributed by atoms with van der Waals surface area (Å²) < 4.78 is 0. The molecule has 172 valence electrons. The maximum absolute atomic E-state index is 9.21. The van der Waals surface area contributed by atoms with Crippen LogP contribution in [0.2, 0.25) is 0 Å². The number of β-amino-alcohol motifs (C(OH)–C–C–N with tert-alkyl or cyclic N) is 2. The Morgan fingerprint density at radius 3 is 1.69 bits per heavy atom. The van der Waals surface area contributed by atoms with E-state index >= 15 is 0 Å². The molecular weight excluding hydrogens is 481 g/mol. The van der Waals surface area contributed by atoms with Crippen LogP contribution in [0.25, 0.3) is 0 Å². The summed E-state index contributed by atoms with van der Waals surface area (Å²) in [6, 6.07) is 3.85. The fraction of sp³-hybridized carbons (Fsp3) is 0.545. The van der Waals surface area contributed by atoms with Crippen LogP contribution in [0.3, 0.4) is 0 Å². The first-order valence-electron chi connectivity index (χ1n) is 10.7. The van der Waals surface area contributed by atoms with Gasteiger partial charge >= 0.3 is 0 Å². The number of piperazine rings is 2. The number of nitrogens with zero attached hydrogens (tertiary/aromatic N) is 4. The van der Waals surface area contributed by atoms with Crippen LogP contribution in [0, 0.1) is 0 Å². The van der Waals surface area contributed by atoms with E-state index in [1.165, 1.54) is 0 Å². The van der Waals surface area contributed by atoms with Crippen LogP contribution >= 0.6 is 48.9 Å². The first kappa shape index (κ1) is 25.6. The monoisotopic (exact) mass is 508 g/mol. The molecule has 2 N–H and O–H groups in total. The van der Waals surface area contributed by atoms with Crippen molar-refractivity contribution in [1.29, 1.82) is 0 Å². The lowest BCUT2D eigenvalue weighted by atomic mass is 9.95. The topological polar surface area (TPSA) is 53.4 Å². The molecule has 0 atom stereocenters. The molecule has 6 nitrogen and oxygen atoms in total. The van der Waals surface area contributed by atoms with Crippen LogP contribution < -0.4 is 0 Å². The molecule has 0 bridgehead atoms. The summed E-state index contributed by atoms with van der Waals surface area (Å²) in [4.78, 5) is 10.3. The number of aliphatic hydroxyl groups excluding tert-OH is 2. The molecule has 2 saturated heterocycles. The lowest BCUT2D eigenvalue weighted by molar-refractivity contribution is 0.148. The van der Waals surface area contributed by atoms with Gasteiger partial charge in [0.15, 0.2) is 0 Å². The smallest absolute Gasteiger partial charge is 0.110 e. The highest BCUT2D eigenvalue weighted by Gasteiger charge is 2.27. The minimum Gasteiger partial charge on any atom is -0.395 e. The van der Waals surface area contributed by atoms with Crippen LogP contribution in [-0.2, 0) is 0 Å². The summed E-state index contributed by atoms with van der Waals surface area (Å²) in [6.45, 7) is 8.19. The second-order valence-corrected chi connectivity index (χ2v) is 9.01. The summed E-state index contributed by atoms with van der Waals surface area (Å²) >= 11 is 22.2. The average molecular weight is 509 g/mol. The van der Waals surface area contributed by atoms with Crippen molar-refractivity contribution in [2.24, 2.45) is 0 Å². The zero-order chi connectivity index (χ0) is 23.1. The van der Waals surface area contributed by atoms with Gasteiger partial charge in [-0.1, -0.05) is 61.0 Å². The van der Waals surface area contributed by atoms with Crippen molar-refractivity contribution in [3.8, 4) is 0 Å². The lowest BCUT2D eigenvalue weighted by Crippen LogP contribution is -2.50. The number of thiocarbonyl (C=S) groups is 4. The van der Waals surface area contributed by atoms with Gasteiger partial charge < -0.3 is 20.0 Å². The number of benzene rings is 1. The molecule has 32 heavy (non-hydrogen) atoms. The highest BCUT2D eigenvalue weighted by Crippen LogP contribution is 2.24. The van der Waals surface area contributed by atoms with E-state index in [9.17, 15) is 10.2 Å². The summed E-state index contributed by atoms with van der Waals surface area (Å²) in [5.41, 5.74) is 3.06. The normalized spacial score (nSPS) is 17.9. The first-order chi connectivity index (χ1) is 15.5. The molecule has 10 heteroatoms. The van der Waals surface area contributed by atoms with Crippen molar-refractivity contribution in [2.75, 3.05) is 78.7 Å². The highest BCUT2D eigenvalue weighted by molar-refractivity contribution is 7.81. The van der Waals surface area contributed by atoms with E-state index in [0.717, 1.165) is 68.5 Å². The third-order valence-corrected chi connectivity index (χ3v) is 7.38.